The van der Waals surface area contributed by atoms with E-state index in [9.17, 15) is 4.79 Å². The van der Waals surface area contributed by atoms with E-state index >= 15 is 0 Å². The van der Waals surface area contributed by atoms with E-state index in [0.717, 1.165) is 29.8 Å². The van der Waals surface area contributed by atoms with Gasteiger partial charge in [0.1, 0.15) is 0 Å². The SMILES string of the molecule is CCN1C(c2ccc(Cl)cc2Cl)C2=C(CC(C)(C)CC2=O)NC2C=CC=CC21. The molecule has 1 aromatic rings. The molecule has 28 heavy (non-hydrogen) atoms. The molecule has 2 aliphatic carbocycles. The number of Topliss-reactive ketones (excluding diaryl/α,β-unsaturated/α-hetero) is 1. The van der Waals surface area contributed by atoms with Gasteiger partial charge < -0.3 is 5.32 Å². The first-order valence-electron chi connectivity index (χ1n) is 9.89. The second-order valence-corrected chi connectivity index (χ2v) is 9.51. The van der Waals surface area contributed by atoms with E-state index in [2.05, 4.69) is 55.3 Å². The fraction of sp³-hybridized carbons (Fsp3) is 0.435. The van der Waals surface area contributed by atoms with Crippen LogP contribution in [-0.2, 0) is 4.79 Å². The molecule has 3 aliphatic rings. The van der Waals surface area contributed by atoms with Crippen LogP contribution in [0, 0.1) is 5.41 Å². The van der Waals surface area contributed by atoms with Gasteiger partial charge in [0.2, 0.25) is 0 Å². The molecule has 3 atom stereocenters. The van der Waals surface area contributed by atoms with E-state index < -0.39 is 0 Å². The lowest BCUT2D eigenvalue weighted by Crippen LogP contribution is -2.47. The third kappa shape index (κ3) is 3.45. The number of benzene rings is 1. The summed E-state index contributed by atoms with van der Waals surface area (Å²) in [6.45, 7) is 7.27. The molecule has 3 unspecified atom stereocenters. The summed E-state index contributed by atoms with van der Waals surface area (Å²) in [5.74, 6) is 0.208. The normalized spacial score (nSPS) is 29.2. The van der Waals surface area contributed by atoms with Gasteiger partial charge in [-0.3, -0.25) is 9.69 Å². The summed E-state index contributed by atoms with van der Waals surface area (Å²) in [7, 11) is 0. The van der Waals surface area contributed by atoms with Crippen LogP contribution in [0.2, 0.25) is 10.0 Å². The number of hydrogen-bond donors (Lipinski definition) is 1. The number of rotatable bonds is 2. The second kappa shape index (κ2) is 7.37. The first-order valence-corrected chi connectivity index (χ1v) is 10.6. The van der Waals surface area contributed by atoms with Gasteiger partial charge in [-0.15, -0.1) is 0 Å². The van der Waals surface area contributed by atoms with Crippen molar-refractivity contribution in [2.45, 2.75) is 51.7 Å². The molecule has 1 aromatic carbocycles. The highest BCUT2D eigenvalue weighted by Crippen LogP contribution is 2.46. The van der Waals surface area contributed by atoms with Crippen molar-refractivity contribution in [1.29, 1.82) is 0 Å². The fourth-order valence-corrected chi connectivity index (χ4v) is 5.33. The van der Waals surface area contributed by atoms with E-state index in [4.69, 9.17) is 23.2 Å². The molecule has 1 aliphatic heterocycles. The molecule has 0 fully saturated rings. The Bertz CT molecular complexity index is 900. The van der Waals surface area contributed by atoms with Crippen LogP contribution in [0.25, 0.3) is 0 Å². The molecule has 0 aromatic heterocycles. The highest BCUT2D eigenvalue weighted by Gasteiger charge is 2.44. The third-order valence-corrected chi connectivity index (χ3v) is 6.54. The summed E-state index contributed by atoms with van der Waals surface area (Å²) in [5.41, 5.74) is 2.81. The summed E-state index contributed by atoms with van der Waals surface area (Å²) in [6, 6.07) is 5.70. The minimum absolute atomic E-state index is 0.0532. The lowest BCUT2D eigenvalue weighted by atomic mass is 9.73. The molecule has 0 radical (unpaired) electrons. The molecule has 1 N–H and O–H groups in total. The third-order valence-electron chi connectivity index (χ3n) is 5.98. The Morgan fingerprint density at radius 1 is 1.18 bits per heavy atom. The number of likely N-dealkylation sites (N-methyl/N-ethyl adjacent to an activating group) is 1. The van der Waals surface area contributed by atoms with Crippen LogP contribution in [-0.4, -0.2) is 29.3 Å². The molecule has 3 nitrogen and oxygen atoms in total. The van der Waals surface area contributed by atoms with Gasteiger partial charge >= 0.3 is 0 Å². The predicted molar refractivity (Wildman–Crippen MR) is 116 cm³/mol. The molecule has 0 saturated carbocycles. The number of carbonyl (C=O) groups is 1. The molecule has 148 valence electrons. The molecule has 1 heterocycles. The van der Waals surface area contributed by atoms with Gasteiger partial charge in [-0.1, -0.05) is 74.3 Å². The molecular weight excluding hydrogens is 391 g/mol. The summed E-state index contributed by atoms with van der Waals surface area (Å²) in [5, 5.41) is 4.92. The van der Waals surface area contributed by atoms with Crippen molar-refractivity contribution in [3.63, 3.8) is 0 Å². The van der Waals surface area contributed by atoms with Crippen molar-refractivity contribution in [3.05, 3.63) is 69.4 Å². The Morgan fingerprint density at radius 2 is 1.93 bits per heavy atom. The maximum atomic E-state index is 13.4. The van der Waals surface area contributed by atoms with E-state index in [1.54, 1.807) is 6.07 Å². The molecule has 0 spiro atoms. The summed E-state index contributed by atoms with van der Waals surface area (Å²) in [6.07, 6.45) is 9.97. The van der Waals surface area contributed by atoms with Crippen molar-refractivity contribution in [2.75, 3.05) is 6.54 Å². The molecule has 5 heteroatoms. The highest BCUT2D eigenvalue weighted by molar-refractivity contribution is 6.35. The fourth-order valence-electron chi connectivity index (χ4n) is 4.82. The number of ketones is 1. The molecule has 0 saturated heterocycles. The lowest BCUT2D eigenvalue weighted by Gasteiger charge is -2.39. The van der Waals surface area contributed by atoms with E-state index in [1.165, 1.54) is 0 Å². The van der Waals surface area contributed by atoms with E-state index in [1.807, 2.05) is 12.1 Å². The first-order chi connectivity index (χ1) is 13.3. The van der Waals surface area contributed by atoms with E-state index in [-0.39, 0.29) is 29.3 Å². The van der Waals surface area contributed by atoms with Gasteiger partial charge in [0.25, 0.3) is 0 Å². The van der Waals surface area contributed by atoms with Crippen LogP contribution in [0.5, 0.6) is 0 Å². The number of nitrogens with zero attached hydrogens (tertiary/aromatic N) is 1. The number of hydrogen-bond acceptors (Lipinski definition) is 3. The maximum absolute atomic E-state index is 13.4. The van der Waals surface area contributed by atoms with Gasteiger partial charge in [0.05, 0.1) is 18.1 Å². The Kier molecular flexibility index (Phi) is 5.20. The maximum Gasteiger partial charge on any atom is 0.163 e. The van der Waals surface area contributed by atoms with Gasteiger partial charge in [-0.2, -0.15) is 0 Å². The average molecular weight is 417 g/mol. The van der Waals surface area contributed by atoms with Crippen molar-refractivity contribution in [3.8, 4) is 0 Å². The quantitative estimate of drug-likeness (QED) is 0.693. The van der Waals surface area contributed by atoms with Gasteiger partial charge in [-0.25, -0.2) is 0 Å². The van der Waals surface area contributed by atoms with Crippen LogP contribution in [0.15, 0.2) is 53.8 Å². The zero-order chi connectivity index (χ0) is 20.1. The van der Waals surface area contributed by atoms with Crippen molar-refractivity contribution < 1.29 is 4.79 Å². The van der Waals surface area contributed by atoms with Crippen LogP contribution >= 0.6 is 23.2 Å². The number of allylic oxidation sites excluding steroid dienone is 3. The van der Waals surface area contributed by atoms with Crippen molar-refractivity contribution >= 4 is 29.0 Å². The van der Waals surface area contributed by atoms with Crippen LogP contribution in [0.1, 0.15) is 45.2 Å². The van der Waals surface area contributed by atoms with E-state index in [0.29, 0.717) is 16.5 Å². The highest BCUT2D eigenvalue weighted by atomic mass is 35.5. The molecule has 4 rings (SSSR count). The van der Waals surface area contributed by atoms with Crippen molar-refractivity contribution in [2.24, 2.45) is 5.41 Å². The monoisotopic (exact) mass is 416 g/mol. The number of halogens is 2. The lowest BCUT2D eigenvalue weighted by molar-refractivity contribution is -0.118. The van der Waals surface area contributed by atoms with Gasteiger partial charge in [0.15, 0.2) is 5.78 Å². The minimum atomic E-state index is -0.188. The summed E-state index contributed by atoms with van der Waals surface area (Å²) in [4.78, 5) is 15.8. The molecule has 0 bridgehead atoms. The average Bonchev–Trinajstić information content (AvgIpc) is 2.74. The standard InChI is InChI=1S/C23H26Cl2N2O/c1-4-27-19-8-6-5-7-17(19)26-18-12-23(2,3)13-20(28)21(18)22(27)15-10-9-14(24)11-16(15)25/h5-11,17,19,22,26H,4,12-13H2,1-3H3. The summed E-state index contributed by atoms with van der Waals surface area (Å²) >= 11 is 12.8. The zero-order valence-corrected chi connectivity index (χ0v) is 18.0. The molecule has 0 amide bonds. The smallest absolute Gasteiger partial charge is 0.163 e. The minimum Gasteiger partial charge on any atom is -0.380 e. The predicted octanol–water partition coefficient (Wildman–Crippen LogP) is 5.47. The topological polar surface area (TPSA) is 32.3 Å². The number of nitrogens with one attached hydrogen (secondary N) is 1. The summed E-state index contributed by atoms with van der Waals surface area (Å²) < 4.78 is 0. The first kappa shape index (κ1) is 19.8. The Morgan fingerprint density at radius 3 is 2.64 bits per heavy atom. The molecular formula is C23H26Cl2N2O. The van der Waals surface area contributed by atoms with Crippen molar-refractivity contribution in [1.82, 2.24) is 10.2 Å². The number of fused-ring (bicyclic) bond motifs is 1. The Hall–Kier alpha value is -1.55. The van der Waals surface area contributed by atoms with Gasteiger partial charge in [0, 0.05) is 27.7 Å². The van der Waals surface area contributed by atoms with Crippen LogP contribution < -0.4 is 5.32 Å². The Labute approximate surface area is 177 Å². The number of carbonyl (C=O) groups excluding carboxylic acids is 1. The van der Waals surface area contributed by atoms with Crippen LogP contribution in [0.4, 0.5) is 0 Å². The Balaban J connectivity index is 1.93. The second-order valence-electron chi connectivity index (χ2n) is 8.66. The largest absolute Gasteiger partial charge is 0.380 e. The van der Waals surface area contributed by atoms with Crippen LogP contribution in [0.3, 0.4) is 0 Å². The van der Waals surface area contributed by atoms with Gasteiger partial charge in [-0.05, 0) is 36.1 Å². The zero-order valence-electron chi connectivity index (χ0n) is 16.5.